The smallest absolute Gasteiger partial charge is 0.261 e. The Bertz CT molecular complexity index is 1190. The van der Waals surface area contributed by atoms with Gasteiger partial charge in [0.15, 0.2) is 0 Å². The van der Waals surface area contributed by atoms with Crippen LogP contribution in [0.5, 0.6) is 0 Å². The molecule has 6 nitrogen and oxygen atoms in total. The number of carbonyl (C=O) groups excluding carboxylic acids is 1. The largest absolute Gasteiger partial charge is 0.375 e. The molecule has 3 aromatic carbocycles. The Morgan fingerprint density at radius 1 is 1.00 bits per heavy atom. The Morgan fingerprint density at radius 3 is 2.39 bits per heavy atom. The van der Waals surface area contributed by atoms with E-state index in [4.69, 9.17) is 11.6 Å². The van der Waals surface area contributed by atoms with Crippen LogP contribution in [-0.4, -0.2) is 34.5 Å². The molecule has 0 unspecified atom stereocenters. The molecule has 174 valence electrons. The molecule has 0 radical (unpaired) electrons. The van der Waals surface area contributed by atoms with Crippen molar-refractivity contribution in [2.45, 2.75) is 17.7 Å². The Balaban J connectivity index is 1.56. The van der Waals surface area contributed by atoms with Gasteiger partial charge in [-0.1, -0.05) is 29.8 Å². The van der Waals surface area contributed by atoms with Crippen LogP contribution >= 0.6 is 11.6 Å². The molecule has 0 spiro atoms. The van der Waals surface area contributed by atoms with Crippen LogP contribution in [0.25, 0.3) is 0 Å². The molecule has 0 fully saturated rings. The number of sulfonamides is 1. The van der Waals surface area contributed by atoms with E-state index in [0.717, 1.165) is 37.2 Å². The number of rotatable bonds is 10. The van der Waals surface area contributed by atoms with Crippen molar-refractivity contribution in [1.29, 1.82) is 0 Å². The van der Waals surface area contributed by atoms with Crippen molar-refractivity contribution in [3.8, 4) is 0 Å². The van der Waals surface area contributed by atoms with Crippen LogP contribution in [-0.2, 0) is 10.0 Å². The van der Waals surface area contributed by atoms with Crippen molar-refractivity contribution in [2.24, 2.45) is 0 Å². The minimum absolute atomic E-state index is 0.0695. The lowest BCUT2D eigenvalue weighted by molar-refractivity contribution is 0.0953. The highest BCUT2D eigenvalue weighted by Gasteiger charge is 2.19. The molecule has 0 aliphatic heterocycles. The quantitative estimate of drug-likeness (QED) is 0.396. The summed E-state index contributed by atoms with van der Waals surface area (Å²) in [6, 6.07) is 18.8. The zero-order chi connectivity index (χ0) is 23.8. The van der Waals surface area contributed by atoms with Crippen molar-refractivity contribution >= 4 is 38.9 Å². The molecule has 2 N–H and O–H groups in total. The molecule has 0 bridgehead atoms. The van der Waals surface area contributed by atoms with Gasteiger partial charge in [-0.05, 0) is 67.4 Å². The van der Waals surface area contributed by atoms with Gasteiger partial charge in [-0.25, -0.2) is 12.8 Å². The minimum atomic E-state index is -3.98. The number of hydrogen-bond acceptors (Lipinski definition) is 4. The molecule has 0 aliphatic carbocycles. The number of unbranched alkanes of at least 4 members (excludes halogenated alkanes) is 1. The molecule has 3 rings (SSSR count). The number of amides is 1. The van der Waals surface area contributed by atoms with Crippen LogP contribution in [0.4, 0.5) is 15.8 Å². The van der Waals surface area contributed by atoms with Crippen LogP contribution in [0.15, 0.2) is 77.7 Å². The third kappa shape index (κ3) is 6.94. The van der Waals surface area contributed by atoms with Gasteiger partial charge in [-0.15, -0.1) is 0 Å². The third-order valence-corrected chi connectivity index (χ3v) is 6.70. The summed E-state index contributed by atoms with van der Waals surface area (Å²) < 4.78 is 40.8. The number of carbonyl (C=O) groups is 1. The fourth-order valence-electron chi connectivity index (χ4n) is 3.16. The molecule has 0 atom stereocenters. The van der Waals surface area contributed by atoms with Crippen LogP contribution in [0.3, 0.4) is 0 Å². The Kier molecular flexibility index (Phi) is 8.30. The number of benzene rings is 3. The van der Waals surface area contributed by atoms with Gasteiger partial charge in [0.1, 0.15) is 5.82 Å². The van der Waals surface area contributed by atoms with Crippen molar-refractivity contribution in [1.82, 2.24) is 5.32 Å². The van der Waals surface area contributed by atoms with Gasteiger partial charge in [0.05, 0.1) is 15.5 Å². The Hall–Kier alpha value is -3.10. The first-order valence-electron chi connectivity index (χ1n) is 10.4. The maximum Gasteiger partial charge on any atom is 0.261 e. The van der Waals surface area contributed by atoms with Crippen molar-refractivity contribution in [3.63, 3.8) is 0 Å². The molecule has 0 heterocycles. The first kappa shape index (κ1) is 24.5. The summed E-state index contributed by atoms with van der Waals surface area (Å²) in [6.45, 7) is 1.27. The number of anilines is 2. The molecule has 0 saturated heterocycles. The Labute approximate surface area is 198 Å². The van der Waals surface area contributed by atoms with E-state index >= 15 is 0 Å². The van der Waals surface area contributed by atoms with E-state index in [0.29, 0.717) is 6.54 Å². The van der Waals surface area contributed by atoms with E-state index in [2.05, 4.69) is 14.9 Å². The average Bonchev–Trinajstić information content (AvgIpc) is 2.80. The second-order valence-corrected chi connectivity index (χ2v) is 9.56. The van der Waals surface area contributed by atoms with Crippen molar-refractivity contribution < 1.29 is 17.6 Å². The molecule has 0 aliphatic rings. The molecule has 9 heteroatoms. The molecule has 1 amide bonds. The number of halogens is 2. The number of hydrogen-bond donors (Lipinski definition) is 2. The maximum atomic E-state index is 13.1. The molecule has 33 heavy (non-hydrogen) atoms. The lowest BCUT2D eigenvalue weighted by Gasteiger charge is -2.19. The topological polar surface area (TPSA) is 78.5 Å². The highest BCUT2D eigenvalue weighted by Crippen LogP contribution is 2.23. The average molecular weight is 490 g/mol. The zero-order valence-corrected chi connectivity index (χ0v) is 19.7. The van der Waals surface area contributed by atoms with E-state index in [1.165, 1.54) is 30.3 Å². The van der Waals surface area contributed by atoms with E-state index < -0.39 is 21.7 Å². The number of nitrogens with zero attached hydrogens (tertiary/aromatic N) is 1. The number of nitrogens with one attached hydrogen (secondary N) is 2. The fraction of sp³-hybridized carbons (Fsp3) is 0.208. The summed E-state index contributed by atoms with van der Waals surface area (Å²) in [6.07, 6.45) is 1.63. The standard InChI is InChI=1S/C24H25ClFN3O3S/c1-29(20-7-3-2-4-8-20)16-6-5-15-27-24(30)22-17-21(13-14-23(22)25)33(31,32)28-19-11-9-18(26)10-12-19/h2-4,7-14,17,28H,5-6,15-16H2,1H3,(H,27,30). The van der Waals surface area contributed by atoms with Gasteiger partial charge < -0.3 is 10.2 Å². The van der Waals surface area contributed by atoms with Crippen molar-refractivity contribution in [2.75, 3.05) is 29.8 Å². The molecular weight excluding hydrogens is 465 g/mol. The highest BCUT2D eigenvalue weighted by atomic mass is 35.5. The summed E-state index contributed by atoms with van der Waals surface area (Å²) in [5, 5.41) is 2.94. The fourth-order valence-corrected chi connectivity index (χ4v) is 4.45. The molecule has 0 aromatic heterocycles. The molecule has 0 saturated carbocycles. The van der Waals surface area contributed by atoms with Gasteiger partial charge in [0.25, 0.3) is 15.9 Å². The first-order valence-corrected chi connectivity index (χ1v) is 12.2. The minimum Gasteiger partial charge on any atom is -0.375 e. The second kappa shape index (κ2) is 11.2. The monoisotopic (exact) mass is 489 g/mol. The van der Waals surface area contributed by atoms with Crippen LogP contribution in [0.1, 0.15) is 23.2 Å². The van der Waals surface area contributed by atoms with Crippen LogP contribution in [0, 0.1) is 5.82 Å². The summed E-state index contributed by atoms with van der Waals surface area (Å²) in [7, 11) is -1.97. The number of para-hydroxylation sites is 1. The predicted molar refractivity (Wildman–Crippen MR) is 130 cm³/mol. The summed E-state index contributed by atoms with van der Waals surface area (Å²) in [5.74, 6) is -0.926. The molecule has 3 aromatic rings. The van der Waals surface area contributed by atoms with Crippen LogP contribution in [0.2, 0.25) is 5.02 Å². The zero-order valence-electron chi connectivity index (χ0n) is 18.1. The van der Waals surface area contributed by atoms with Gasteiger partial charge in [0, 0.05) is 31.5 Å². The van der Waals surface area contributed by atoms with Gasteiger partial charge in [-0.2, -0.15) is 0 Å². The lowest BCUT2D eigenvalue weighted by atomic mass is 10.2. The lowest BCUT2D eigenvalue weighted by Crippen LogP contribution is -2.26. The van der Waals surface area contributed by atoms with E-state index in [9.17, 15) is 17.6 Å². The predicted octanol–water partition coefficient (Wildman–Crippen LogP) is 4.93. The second-order valence-electron chi connectivity index (χ2n) is 7.47. The summed E-state index contributed by atoms with van der Waals surface area (Å²) in [5.41, 5.74) is 1.40. The SMILES string of the molecule is CN(CCCCNC(=O)c1cc(S(=O)(=O)Nc2ccc(F)cc2)ccc1Cl)c1ccccc1. The van der Waals surface area contributed by atoms with E-state index in [1.54, 1.807) is 0 Å². The first-order chi connectivity index (χ1) is 15.8. The summed E-state index contributed by atoms with van der Waals surface area (Å²) in [4.78, 5) is 14.6. The highest BCUT2D eigenvalue weighted by molar-refractivity contribution is 7.92. The normalized spacial score (nSPS) is 11.1. The Morgan fingerprint density at radius 2 is 1.70 bits per heavy atom. The van der Waals surface area contributed by atoms with E-state index in [1.807, 2.05) is 37.4 Å². The van der Waals surface area contributed by atoms with Gasteiger partial charge >= 0.3 is 0 Å². The maximum absolute atomic E-state index is 13.1. The summed E-state index contributed by atoms with van der Waals surface area (Å²) >= 11 is 6.14. The van der Waals surface area contributed by atoms with Crippen molar-refractivity contribution in [3.05, 3.63) is 89.2 Å². The van der Waals surface area contributed by atoms with E-state index in [-0.39, 0.29) is 21.2 Å². The third-order valence-electron chi connectivity index (χ3n) is 4.99. The molecular formula is C24H25ClFN3O3S. The van der Waals surface area contributed by atoms with Gasteiger partial charge in [0.2, 0.25) is 0 Å². The van der Waals surface area contributed by atoms with Crippen LogP contribution < -0.4 is 14.9 Å². The van der Waals surface area contributed by atoms with Gasteiger partial charge in [-0.3, -0.25) is 9.52 Å².